The fourth-order valence-corrected chi connectivity index (χ4v) is 6.78. The van der Waals surface area contributed by atoms with E-state index < -0.39 is 0 Å². The molecule has 1 spiro atoms. The van der Waals surface area contributed by atoms with E-state index in [1.54, 1.807) is 0 Å². The molecular weight excluding hydrogens is 244 g/mol. The predicted molar refractivity (Wildman–Crippen MR) is 83.8 cm³/mol. The van der Waals surface area contributed by atoms with Crippen LogP contribution in [0.3, 0.4) is 0 Å². The fraction of sp³-hybridized carbons (Fsp3) is 1.00. The topological polar surface area (TPSA) is 15.3 Å². The molecule has 0 aromatic heterocycles. The van der Waals surface area contributed by atoms with E-state index in [-0.39, 0.29) is 0 Å². The van der Waals surface area contributed by atoms with Crippen molar-refractivity contribution in [2.75, 3.05) is 19.6 Å². The Balaban J connectivity index is 1.60. The van der Waals surface area contributed by atoms with Gasteiger partial charge in [0.2, 0.25) is 0 Å². The van der Waals surface area contributed by atoms with Crippen LogP contribution >= 0.6 is 0 Å². The summed E-state index contributed by atoms with van der Waals surface area (Å²) in [5.74, 6) is 0.979. The SMILES string of the molecule is CC12CCC(C1)C(C)(C)C2N1CCNC2(CCCC2)C1. The molecule has 1 N–H and O–H groups in total. The Morgan fingerprint density at radius 1 is 1.05 bits per heavy atom. The van der Waals surface area contributed by atoms with Gasteiger partial charge >= 0.3 is 0 Å². The third-order valence-corrected chi connectivity index (χ3v) is 7.52. The summed E-state index contributed by atoms with van der Waals surface area (Å²) in [7, 11) is 0. The number of fused-ring (bicyclic) bond motifs is 2. The Bertz CT molecular complexity index is 391. The molecule has 1 saturated heterocycles. The highest BCUT2D eigenvalue weighted by molar-refractivity contribution is 5.14. The fourth-order valence-electron chi connectivity index (χ4n) is 6.78. The third-order valence-electron chi connectivity index (χ3n) is 7.52. The molecule has 0 aromatic carbocycles. The Morgan fingerprint density at radius 2 is 1.80 bits per heavy atom. The largest absolute Gasteiger partial charge is 0.309 e. The van der Waals surface area contributed by atoms with Crippen LogP contribution in [0.5, 0.6) is 0 Å². The van der Waals surface area contributed by atoms with Crippen molar-refractivity contribution in [2.45, 2.75) is 77.3 Å². The van der Waals surface area contributed by atoms with Crippen molar-refractivity contribution in [2.24, 2.45) is 16.7 Å². The smallest absolute Gasteiger partial charge is 0.0309 e. The molecule has 0 aromatic rings. The molecule has 1 aliphatic heterocycles. The first-order valence-corrected chi connectivity index (χ1v) is 8.94. The van der Waals surface area contributed by atoms with Gasteiger partial charge in [0, 0.05) is 31.2 Å². The van der Waals surface area contributed by atoms with E-state index in [0.717, 1.165) is 12.0 Å². The van der Waals surface area contributed by atoms with Crippen LogP contribution in [0.2, 0.25) is 0 Å². The summed E-state index contributed by atoms with van der Waals surface area (Å²) >= 11 is 0. The molecule has 0 radical (unpaired) electrons. The monoisotopic (exact) mass is 276 g/mol. The van der Waals surface area contributed by atoms with Crippen LogP contribution in [-0.4, -0.2) is 36.1 Å². The van der Waals surface area contributed by atoms with Crippen LogP contribution in [-0.2, 0) is 0 Å². The average molecular weight is 276 g/mol. The average Bonchev–Trinajstić information content (AvgIpc) is 3.01. The Hall–Kier alpha value is -0.0800. The van der Waals surface area contributed by atoms with E-state index in [1.807, 2.05) is 0 Å². The standard InChI is InChI=1S/C18H32N2/c1-16(2)14-6-9-17(3,12-14)15(16)20-11-10-19-18(13-20)7-4-5-8-18/h14-15,19H,4-13H2,1-3H3. The number of nitrogens with zero attached hydrogens (tertiary/aromatic N) is 1. The molecule has 4 rings (SSSR count). The zero-order valence-electron chi connectivity index (χ0n) is 13.7. The lowest BCUT2D eigenvalue weighted by Crippen LogP contribution is -2.65. The van der Waals surface area contributed by atoms with E-state index in [9.17, 15) is 0 Å². The normalized spacial score (nSPS) is 46.4. The van der Waals surface area contributed by atoms with Gasteiger partial charge in [0.1, 0.15) is 0 Å². The van der Waals surface area contributed by atoms with Crippen molar-refractivity contribution in [3.8, 4) is 0 Å². The maximum atomic E-state index is 3.89. The Labute approximate surface area is 124 Å². The quantitative estimate of drug-likeness (QED) is 0.789. The van der Waals surface area contributed by atoms with Gasteiger partial charge in [-0.15, -0.1) is 0 Å². The molecule has 2 nitrogen and oxygen atoms in total. The molecule has 4 aliphatic rings. The predicted octanol–water partition coefficient (Wildman–Crippen LogP) is 3.42. The van der Waals surface area contributed by atoms with Crippen molar-refractivity contribution in [1.82, 2.24) is 10.2 Å². The molecule has 3 atom stereocenters. The van der Waals surface area contributed by atoms with Crippen LogP contribution in [0.1, 0.15) is 65.7 Å². The number of piperazine rings is 1. The van der Waals surface area contributed by atoms with Gasteiger partial charge in [-0.3, -0.25) is 4.90 Å². The lowest BCUT2D eigenvalue weighted by Gasteiger charge is -2.53. The number of rotatable bonds is 1. The van der Waals surface area contributed by atoms with Crippen LogP contribution in [0.4, 0.5) is 0 Å². The van der Waals surface area contributed by atoms with Crippen LogP contribution < -0.4 is 5.32 Å². The molecule has 20 heavy (non-hydrogen) atoms. The van der Waals surface area contributed by atoms with Crippen LogP contribution in [0.15, 0.2) is 0 Å². The van der Waals surface area contributed by atoms with Crippen molar-refractivity contribution >= 4 is 0 Å². The summed E-state index contributed by atoms with van der Waals surface area (Å²) in [5.41, 5.74) is 1.61. The highest BCUT2D eigenvalue weighted by atomic mass is 15.3. The second-order valence-electron chi connectivity index (χ2n) is 9.20. The van der Waals surface area contributed by atoms with Crippen LogP contribution in [0.25, 0.3) is 0 Å². The number of hydrogen-bond donors (Lipinski definition) is 1. The first-order valence-electron chi connectivity index (χ1n) is 8.94. The summed E-state index contributed by atoms with van der Waals surface area (Å²) in [6, 6.07) is 0.827. The van der Waals surface area contributed by atoms with Gasteiger partial charge in [0.05, 0.1) is 0 Å². The minimum atomic E-state index is 0.479. The zero-order chi connectivity index (χ0) is 14.0. The van der Waals surface area contributed by atoms with Crippen molar-refractivity contribution in [3.05, 3.63) is 0 Å². The number of hydrogen-bond acceptors (Lipinski definition) is 2. The first kappa shape index (κ1) is 13.6. The summed E-state index contributed by atoms with van der Waals surface area (Å²) in [4.78, 5) is 2.92. The second-order valence-corrected chi connectivity index (χ2v) is 9.20. The van der Waals surface area contributed by atoms with Gasteiger partial charge in [-0.2, -0.15) is 0 Å². The van der Waals surface area contributed by atoms with E-state index in [2.05, 4.69) is 31.0 Å². The minimum Gasteiger partial charge on any atom is -0.309 e. The maximum Gasteiger partial charge on any atom is 0.0309 e. The molecule has 3 unspecified atom stereocenters. The number of nitrogens with one attached hydrogen (secondary N) is 1. The van der Waals surface area contributed by atoms with Gasteiger partial charge in [-0.25, -0.2) is 0 Å². The van der Waals surface area contributed by atoms with Crippen LogP contribution in [0, 0.1) is 16.7 Å². The molecule has 0 amide bonds. The van der Waals surface area contributed by atoms with Gasteiger partial charge in [0.15, 0.2) is 0 Å². The molecule has 2 bridgehead atoms. The lowest BCUT2D eigenvalue weighted by molar-refractivity contribution is -0.0263. The van der Waals surface area contributed by atoms with Gasteiger partial charge in [-0.05, 0) is 48.9 Å². The van der Waals surface area contributed by atoms with E-state index in [4.69, 9.17) is 0 Å². The summed E-state index contributed by atoms with van der Waals surface area (Å²) in [6.07, 6.45) is 10.2. The van der Waals surface area contributed by atoms with E-state index in [0.29, 0.717) is 16.4 Å². The highest BCUT2D eigenvalue weighted by Gasteiger charge is 2.61. The molecular formula is C18H32N2. The molecule has 2 heteroatoms. The highest BCUT2D eigenvalue weighted by Crippen LogP contribution is 2.64. The molecule has 4 fully saturated rings. The molecule has 114 valence electrons. The maximum absolute atomic E-state index is 3.89. The third kappa shape index (κ3) is 1.76. The van der Waals surface area contributed by atoms with Crippen molar-refractivity contribution in [3.63, 3.8) is 0 Å². The summed E-state index contributed by atoms with van der Waals surface area (Å²) in [6.45, 7) is 11.5. The molecule has 3 saturated carbocycles. The lowest BCUT2D eigenvalue weighted by atomic mass is 9.67. The summed E-state index contributed by atoms with van der Waals surface area (Å²) in [5, 5.41) is 3.89. The van der Waals surface area contributed by atoms with E-state index in [1.165, 1.54) is 64.6 Å². The summed E-state index contributed by atoms with van der Waals surface area (Å²) < 4.78 is 0. The van der Waals surface area contributed by atoms with E-state index >= 15 is 0 Å². The van der Waals surface area contributed by atoms with Gasteiger partial charge < -0.3 is 5.32 Å². The van der Waals surface area contributed by atoms with Gasteiger partial charge in [-0.1, -0.05) is 33.6 Å². The molecule has 1 heterocycles. The van der Waals surface area contributed by atoms with Crippen molar-refractivity contribution in [1.29, 1.82) is 0 Å². The minimum absolute atomic E-state index is 0.479. The Morgan fingerprint density at radius 3 is 2.45 bits per heavy atom. The zero-order valence-corrected chi connectivity index (χ0v) is 13.7. The first-order chi connectivity index (χ1) is 9.45. The Kier molecular flexibility index (Phi) is 2.87. The van der Waals surface area contributed by atoms with Gasteiger partial charge in [0.25, 0.3) is 0 Å². The second kappa shape index (κ2) is 4.23. The van der Waals surface area contributed by atoms with Crippen molar-refractivity contribution < 1.29 is 0 Å². The molecule has 3 aliphatic carbocycles.